The van der Waals surface area contributed by atoms with Crippen LogP contribution >= 0.6 is 0 Å². The molecule has 0 bridgehead atoms. The lowest BCUT2D eigenvalue weighted by Crippen LogP contribution is -2.55. The molecule has 20 heavy (non-hydrogen) atoms. The van der Waals surface area contributed by atoms with Crippen LogP contribution in [-0.4, -0.2) is 72.1 Å². The van der Waals surface area contributed by atoms with E-state index in [0.717, 1.165) is 18.0 Å². The van der Waals surface area contributed by atoms with Gasteiger partial charge in [0.1, 0.15) is 0 Å². The van der Waals surface area contributed by atoms with E-state index < -0.39 is 0 Å². The van der Waals surface area contributed by atoms with Gasteiger partial charge in [-0.2, -0.15) is 0 Å². The number of rotatable bonds is 4. The predicted molar refractivity (Wildman–Crippen MR) is 87.2 cm³/mol. The minimum Gasteiger partial charge on any atom is -0.301 e. The molecule has 0 N–H and O–H groups in total. The Balaban J connectivity index is 1.73. The molecule has 3 nitrogen and oxygen atoms in total. The van der Waals surface area contributed by atoms with E-state index in [1.807, 2.05) is 0 Å². The van der Waals surface area contributed by atoms with E-state index in [-0.39, 0.29) is 0 Å². The van der Waals surface area contributed by atoms with Crippen LogP contribution in [0.1, 0.15) is 47.5 Å². The van der Waals surface area contributed by atoms with Crippen molar-refractivity contribution < 1.29 is 0 Å². The molecule has 0 aromatic heterocycles. The molecule has 118 valence electrons. The Morgan fingerprint density at radius 2 is 1.55 bits per heavy atom. The van der Waals surface area contributed by atoms with Crippen molar-refractivity contribution >= 4 is 0 Å². The summed E-state index contributed by atoms with van der Waals surface area (Å²) in [6, 6.07) is 2.14. The molecule has 2 aliphatic rings. The number of likely N-dealkylation sites (tertiary alicyclic amines) is 1. The van der Waals surface area contributed by atoms with Gasteiger partial charge < -0.3 is 9.80 Å². The fourth-order valence-corrected chi connectivity index (χ4v) is 4.00. The van der Waals surface area contributed by atoms with Crippen LogP contribution < -0.4 is 0 Å². The summed E-state index contributed by atoms with van der Waals surface area (Å²) >= 11 is 0. The van der Waals surface area contributed by atoms with Crippen molar-refractivity contribution in [2.75, 3.05) is 39.3 Å². The van der Waals surface area contributed by atoms with Gasteiger partial charge in [0.15, 0.2) is 0 Å². The van der Waals surface area contributed by atoms with Crippen LogP contribution in [0.15, 0.2) is 0 Å². The van der Waals surface area contributed by atoms with Crippen LogP contribution in [0.2, 0.25) is 0 Å². The van der Waals surface area contributed by atoms with E-state index in [0.29, 0.717) is 6.04 Å². The highest BCUT2D eigenvalue weighted by Gasteiger charge is 2.28. The van der Waals surface area contributed by atoms with Crippen molar-refractivity contribution in [3.63, 3.8) is 0 Å². The van der Waals surface area contributed by atoms with Crippen molar-refractivity contribution in [2.45, 2.75) is 65.6 Å². The first-order valence-corrected chi connectivity index (χ1v) is 8.69. The molecular weight excluding hydrogens is 246 g/mol. The number of hydrogen-bond acceptors (Lipinski definition) is 3. The molecule has 3 heteroatoms. The van der Waals surface area contributed by atoms with E-state index >= 15 is 0 Å². The molecule has 0 aromatic carbocycles. The Labute approximate surface area is 126 Å². The quantitative estimate of drug-likeness (QED) is 0.784. The monoisotopic (exact) mass is 281 g/mol. The van der Waals surface area contributed by atoms with Gasteiger partial charge in [-0.1, -0.05) is 0 Å². The van der Waals surface area contributed by atoms with E-state index in [1.54, 1.807) is 0 Å². The first-order valence-electron chi connectivity index (χ1n) is 8.69. The molecule has 0 aliphatic carbocycles. The summed E-state index contributed by atoms with van der Waals surface area (Å²) in [6.45, 7) is 19.4. The number of piperazine rings is 1. The highest BCUT2D eigenvalue weighted by molar-refractivity contribution is 4.84. The minimum absolute atomic E-state index is 0.696. The summed E-state index contributed by atoms with van der Waals surface area (Å²) in [6.07, 6.45) is 2.80. The molecule has 2 fully saturated rings. The summed E-state index contributed by atoms with van der Waals surface area (Å²) in [7, 11) is 0. The van der Waals surface area contributed by atoms with Gasteiger partial charge in [0.25, 0.3) is 0 Å². The normalized spacial score (nSPS) is 28.6. The summed E-state index contributed by atoms with van der Waals surface area (Å²) in [4.78, 5) is 8.01. The van der Waals surface area contributed by atoms with Crippen LogP contribution in [0, 0.1) is 5.92 Å². The van der Waals surface area contributed by atoms with Gasteiger partial charge >= 0.3 is 0 Å². The van der Waals surface area contributed by atoms with Gasteiger partial charge in [-0.3, -0.25) is 4.90 Å². The topological polar surface area (TPSA) is 9.72 Å². The third-order valence-electron chi connectivity index (χ3n) is 5.32. The molecule has 2 heterocycles. The second kappa shape index (κ2) is 7.24. The zero-order chi connectivity index (χ0) is 14.7. The molecular formula is C17H35N3. The van der Waals surface area contributed by atoms with Gasteiger partial charge in [-0.05, 0) is 66.5 Å². The average Bonchev–Trinajstić information content (AvgIpc) is 2.39. The Kier molecular flexibility index (Phi) is 5.88. The van der Waals surface area contributed by atoms with E-state index in [2.05, 4.69) is 49.3 Å². The molecule has 1 atom stereocenters. The van der Waals surface area contributed by atoms with E-state index in [1.165, 1.54) is 52.1 Å². The Morgan fingerprint density at radius 1 is 0.900 bits per heavy atom. The maximum Gasteiger partial charge on any atom is 0.0198 e. The zero-order valence-corrected chi connectivity index (χ0v) is 14.3. The number of nitrogens with zero attached hydrogens (tertiary/aromatic N) is 3. The van der Waals surface area contributed by atoms with Gasteiger partial charge in [-0.15, -0.1) is 0 Å². The Hall–Kier alpha value is -0.120. The first-order chi connectivity index (χ1) is 9.47. The van der Waals surface area contributed by atoms with Crippen molar-refractivity contribution in [2.24, 2.45) is 5.92 Å². The molecule has 0 amide bonds. The summed E-state index contributed by atoms with van der Waals surface area (Å²) < 4.78 is 0. The van der Waals surface area contributed by atoms with Crippen LogP contribution in [0.4, 0.5) is 0 Å². The fourth-order valence-electron chi connectivity index (χ4n) is 4.00. The predicted octanol–water partition coefficient (Wildman–Crippen LogP) is 2.52. The lowest BCUT2D eigenvalue weighted by atomic mass is 9.95. The second-order valence-electron chi connectivity index (χ2n) is 7.51. The lowest BCUT2D eigenvalue weighted by molar-refractivity contribution is 0.0417. The summed E-state index contributed by atoms with van der Waals surface area (Å²) in [5.74, 6) is 0.933. The van der Waals surface area contributed by atoms with Gasteiger partial charge in [0.05, 0.1) is 0 Å². The highest BCUT2D eigenvalue weighted by Crippen LogP contribution is 2.22. The minimum atomic E-state index is 0.696. The molecule has 0 saturated carbocycles. The number of piperidine rings is 1. The van der Waals surface area contributed by atoms with Crippen LogP contribution in [0.5, 0.6) is 0 Å². The van der Waals surface area contributed by atoms with E-state index in [4.69, 9.17) is 0 Å². The van der Waals surface area contributed by atoms with Crippen LogP contribution in [0.25, 0.3) is 0 Å². The SMILES string of the molecule is CC(C)N1CCC(CN2CCN(C(C)C)[C@@H](C)C2)CC1. The summed E-state index contributed by atoms with van der Waals surface area (Å²) in [5, 5.41) is 0. The molecule has 2 rings (SSSR count). The standard InChI is InChI=1S/C17H35N3/c1-14(2)19-8-6-17(7-9-19)13-18-10-11-20(15(3)4)16(5)12-18/h14-17H,6-13H2,1-5H3/t16-/m0/s1. The molecule has 2 saturated heterocycles. The first kappa shape index (κ1) is 16.3. The summed E-state index contributed by atoms with van der Waals surface area (Å²) in [5.41, 5.74) is 0. The van der Waals surface area contributed by atoms with Gasteiger partial charge in [0, 0.05) is 44.3 Å². The van der Waals surface area contributed by atoms with Crippen molar-refractivity contribution in [3.8, 4) is 0 Å². The average molecular weight is 281 g/mol. The number of hydrogen-bond donors (Lipinski definition) is 0. The third kappa shape index (κ3) is 4.19. The van der Waals surface area contributed by atoms with Crippen molar-refractivity contribution in [1.82, 2.24) is 14.7 Å². The van der Waals surface area contributed by atoms with Gasteiger partial charge in [-0.25, -0.2) is 0 Å². The fraction of sp³-hybridized carbons (Fsp3) is 1.00. The van der Waals surface area contributed by atoms with Crippen LogP contribution in [0.3, 0.4) is 0 Å². The molecule has 0 aromatic rings. The maximum atomic E-state index is 2.72. The van der Waals surface area contributed by atoms with Gasteiger partial charge in [0.2, 0.25) is 0 Å². The molecule has 0 unspecified atom stereocenters. The highest BCUT2D eigenvalue weighted by atomic mass is 15.3. The lowest BCUT2D eigenvalue weighted by Gasteiger charge is -2.44. The van der Waals surface area contributed by atoms with Crippen molar-refractivity contribution in [1.29, 1.82) is 0 Å². The third-order valence-corrected chi connectivity index (χ3v) is 5.32. The zero-order valence-electron chi connectivity index (χ0n) is 14.3. The van der Waals surface area contributed by atoms with Crippen LogP contribution in [-0.2, 0) is 0 Å². The largest absolute Gasteiger partial charge is 0.301 e. The Morgan fingerprint density at radius 3 is 2.05 bits per heavy atom. The molecule has 2 aliphatic heterocycles. The van der Waals surface area contributed by atoms with E-state index in [9.17, 15) is 0 Å². The smallest absolute Gasteiger partial charge is 0.0198 e. The molecule has 0 spiro atoms. The Bertz CT molecular complexity index is 282. The maximum absolute atomic E-state index is 2.72. The molecule has 0 radical (unpaired) electrons. The second-order valence-corrected chi connectivity index (χ2v) is 7.51. The van der Waals surface area contributed by atoms with Crippen molar-refractivity contribution in [3.05, 3.63) is 0 Å².